The third kappa shape index (κ3) is 3.39. The van der Waals surface area contributed by atoms with Crippen molar-refractivity contribution in [3.05, 3.63) is 41.7 Å². The molecule has 104 valence electrons. The van der Waals surface area contributed by atoms with Crippen molar-refractivity contribution >= 4 is 0 Å². The molecular weight excluding hydrogens is 250 g/mol. The standard InChI is InChI=1S/C16H19N3O/c1-12-9-18-19(10-12)14-5-6-15(13(7-14)8-17)20-11-16(2,3)4/h5-7,9-10H,11H2,1-4H3. The van der Waals surface area contributed by atoms with Crippen LogP contribution >= 0.6 is 0 Å². The molecule has 0 amide bonds. The fraction of sp³-hybridized carbons (Fsp3) is 0.375. The van der Waals surface area contributed by atoms with Gasteiger partial charge < -0.3 is 4.74 Å². The average Bonchev–Trinajstić information content (AvgIpc) is 2.82. The Balaban J connectivity index is 2.27. The highest BCUT2D eigenvalue weighted by Gasteiger charge is 2.13. The topological polar surface area (TPSA) is 50.8 Å². The van der Waals surface area contributed by atoms with Gasteiger partial charge in [0, 0.05) is 6.20 Å². The normalized spacial score (nSPS) is 11.2. The summed E-state index contributed by atoms with van der Waals surface area (Å²) < 4.78 is 7.49. The SMILES string of the molecule is Cc1cnn(-c2ccc(OCC(C)(C)C)c(C#N)c2)c1. The van der Waals surface area contributed by atoms with Gasteiger partial charge in [0.05, 0.1) is 24.1 Å². The molecule has 20 heavy (non-hydrogen) atoms. The molecule has 4 nitrogen and oxygen atoms in total. The maximum atomic E-state index is 9.26. The monoisotopic (exact) mass is 269 g/mol. The van der Waals surface area contributed by atoms with Gasteiger partial charge in [0.25, 0.3) is 0 Å². The predicted octanol–water partition coefficient (Wildman–Crippen LogP) is 3.48. The van der Waals surface area contributed by atoms with Crippen LogP contribution in [0.15, 0.2) is 30.6 Å². The van der Waals surface area contributed by atoms with E-state index in [0.29, 0.717) is 17.9 Å². The van der Waals surface area contributed by atoms with Gasteiger partial charge >= 0.3 is 0 Å². The van der Waals surface area contributed by atoms with E-state index in [1.807, 2.05) is 25.3 Å². The van der Waals surface area contributed by atoms with Crippen LogP contribution in [0.2, 0.25) is 0 Å². The van der Waals surface area contributed by atoms with Gasteiger partial charge in [0.15, 0.2) is 0 Å². The van der Waals surface area contributed by atoms with Crippen LogP contribution in [-0.4, -0.2) is 16.4 Å². The maximum Gasteiger partial charge on any atom is 0.137 e. The molecule has 1 heterocycles. The van der Waals surface area contributed by atoms with E-state index < -0.39 is 0 Å². The van der Waals surface area contributed by atoms with Crippen molar-refractivity contribution in [3.8, 4) is 17.5 Å². The number of rotatable bonds is 3. The van der Waals surface area contributed by atoms with Gasteiger partial charge in [-0.15, -0.1) is 0 Å². The molecule has 2 aromatic rings. The number of nitriles is 1. The molecular formula is C16H19N3O. The van der Waals surface area contributed by atoms with E-state index in [2.05, 4.69) is 31.9 Å². The molecule has 1 aromatic heterocycles. The molecule has 0 spiro atoms. The van der Waals surface area contributed by atoms with Crippen LogP contribution < -0.4 is 4.74 Å². The van der Waals surface area contributed by atoms with Crippen LogP contribution in [0.1, 0.15) is 31.9 Å². The van der Waals surface area contributed by atoms with Crippen molar-refractivity contribution in [3.63, 3.8) is 0 Å². The largest absolute Gasteiger partial charge is 0.492 e. The van der Waals surface area contributed by atoms with E-state index in [0.717, 1.165) is 11.3 Å². The molecule has 0 fully saturated rings. The number of nitrogens with zero attached hydrogens (tertiary/aromatic N) is 3. The van der Waals surface area contributed by atoms with Crippen molar-refractivity contribution in [2.75, 3.05) is 6.61 Å². The lowest BCUT2D eigenvalue weighted by Gasteiger charge is -2.19. The van der Waals surface area contributed by atoms with E-state index in [1.165, 1.54) is 0 Å². The summed E-state index contributed by atoms with van der Waals surface area (Å²) in [6.45, 7) is 8.84. The zero-order chi connectivity index (χ0) is 14.8. The summed E-state index contributed by atoms with van der Waals surface area (Å²) in [6, 6.07) is 7.72. The maximum absolute atomic E-state index is 9.26. The first kappa shape index (κ1) is 14.1. The average molecular weight is 269 g/mol. The number of aryl methyl sites for hydroxylation is 1. The third-order valence-electron chi connectivity index (χ3n) is 2.72. The molecule has 0 aliphatic carbocycles. The highest BCUT2D eigenvalue weighted by Crippen LogP contribution is 2.24. The van der Waals surface area contributed by atoms with E-state index >= 15 is 0 Å². The summed E-state index contributed by atoms with van der Waals surface area (Å²) in [5.41, 5.74) is 2.53. The van der Waals surface area contributed by atoms with Gasteiger partial charge in [0.2, 0.25) is 0 Å². The van der Waals surface area contributed by atoms with Gasteiger partial charge in [0.1, 0.15) is 11.8 Å². The van der Waals surface area contributed by atoms with Crippen LogP contribution in [0.3, 0.4) is 0 Å². The second-order valence-corrected chi connectivity index (χ2v) is 6.10. The van der Waals surface area contributed by atoms with Crippen molar-refractivity contribution in [1.82, 2.24) is 9.78 Å². The summed E-state index contributed by atoms with van der Waals surface area (Å²) in [5, 5.41) is 13.5. The summed E-state index contributed by atoms with van der Waals surface area (Å²) in [5.74, 6) is 0.620. The quantitative estimate of drug-likeness (QED) is 0.857. The Labute approximate surface area is 119 Å². The molecule has 0 saturated carbocycles. The lowest BCUT2D eigenvalue weighted by Crippen LogP contribution is -2.17. The van der Waals surface area contributed by atoms with Crippen LogP contribution in [0.4, 0.5) is 0 Å². The molecule has 0 radical (unpaired) electrons. The molecule has 0 bridgehead atoms. The van der Waals surface area contributed by atoms with E-state index in [4.69, 9.17) is 4.74 Å². The first-order valence-corrected chi connectivity index (χ1v) is 6.58. The van der Waals surface area contributed by atoms with E-state index in [1.54, 1.807) is 16.9 Å². The molecule has 0 aliphatic rings. The fourth-order valence-electron chi connectivity index (χ4n) is 1.72. The Morgan fingerprint density at radius 2 is 2.10 bits per heavy atom. The van der Waals surface area contributed by atoms with Crippen molar-refractivity contribution in [2.24, 2.45) is 5.41 Å². The van der Waals surface area contributed by atoms with Gasteiger partial charge in [-0.25, -0.2) is 4.68 Å². The van der Waals surface area contributed by atoms with Crippen LogP contribution in [-0.2, 0) is 0 Å². The second kappa shape index (κ2) is 5.38. The first-order valence-electron chi connectivity index (χ1n) is 6.58. The number of hydrogen-bond donors (Lipinski definition) is 0. The van der Waals surface area contributed by atoms with Gasteiger partial charge in [-0.1, -0.05) is 20.8 Å². The Hall–Kier alpha value is -2.28. The number of aromatic nitrogens is 2. The number of benzene rings is 1. The summed E-state index contributed by atoms with van der Waals surface area (Å²) in [4.78, 5) is 0. The fourth-order valence-corrected chi connectivity index (χ4v) is 1.72. The third-order valence-corrected chi connectivity index (χ3v) is 2.72. The van der Waals surface area contributed by atoms with Crippen LogP contribution in [0, 0.1) is 23.7 Å². The predicted molar refractivity (Wildman–Crippen MR) is 78.0 cm³/mol. The smallest absolute Gasteiger partial charge is 0.137 e. The molecule has 0 unspecified atom stereocenters. The zero-order valence-electron chi connectivity index (χ0n) is 12.3. The second-order valence-electron chi connectivity index (χ2n) is 6.10. The Morgan fingerprint density at radius 1 is 1.35 bits per heavy atom. The van der Waals surface area contributed by atoms with E-state index in [-0.39, 0.29) is 5.41 Å². The molecule has 4 heteroatoms. The zero-order valence-corrected chi connectivity index (χ0v) is 12.3. The minimum Gasteiger partial charge on any atom is -0.492 e. The van der Waals surface area contributed by atoms with Gasteiger partial charge in [-0.05, 0) is 36.1 Å². The molecule has 0 saturated heterocycles. The highest BCUT2D eigenvalue weighted by atomic mass is 16.5. The molecule has 0 aliphatic heterocycles. The summed E-state index contributed by atoms with van der Waals surface area (Å²) >= 11 is 0. The van der Waals surface area contributed by atoms with Crippen molar-refractivity contribution in [2.45, 2.75) is 27.7 Å². The summed E-state index contributed by atoms with van der Waals surface area (Å²) in [6.07, 6.45) is 3.71. The summed E-state index contributed by atoms with van der Waals surface area (Å²) in [7, 11) is 0. The van der Waals surface area contributed by atoms with Crippen LogP contribution in [0.5, 0.6) is 5.75 Å². The first-order chi connectivity index (χ1) is 9.39. The minimum absolute atomic E-state index is 0.0600. The lowest BCUT2D eigenvalue weighted by atomic mass is 9.98. The van der Waals surface area contributed by atoms with Crippen molar-refractivity contribution < 1.29 is 4.74 Å². The van der Waals surface area contributed by atoms with Crippen molar-refractivity contribution in [1.29, 1.82) is 5.26 Å². The lowest BCUT2D eigenvalue weighted by molar-refractivity contribution is 0.197. The molecule has 0 N–H and O–H groups in total. The van der Waals surface area contributed by atoms with E-state index in [9.17, 15) is 5.26 Å². The molecule has 1 aromatic carbocycles. The Morgan fingerprint density at radius 3 is 2.65 bits per heavy atom. The Bertz CT molecular complexity index is 644. The minimum atomic E-state index is 0.0600. The van der Waals surface area contributed by atoms with Gasteiger partial charge in [-0.3, -0.25) is 0 Å². The highest BCUT2D eigenvalue weighted by molar-refractivity contribution is 5.50. The Kier molecular flexibility index (Phi) is 3.80. The number of hydrogen-bond acceptors (Lipinski definition) is 3. The molecule has 0 atom stereocenters. The van der Waals surface area contributed by atoms with Gasteiger partial charge in [-0.2, -0.15) is 10.4 Å². The number of ether oxygens (including phenoxy) is 1. The molecule has 2 rings (SSSR count). The van der Waals surface area contributed by atoms with Crippen LogP contribution in [0.25, 0.3) is 5.69 Å².